The number of anilines is 2. The summed E-state index contributed by atoms with van der Waals surface area (Å²) < 4.78 is 15.6. The molecule has 0 spiro atoms. The molecule has 2 amide bonds. The lowest BCUT2D eigenvalue weighted by atomic mass is 9.90. The first-order chi connectivity index (χ1) is 20.0. The van der Waals surface area contributed by atoms with Crippen LogP contribution in [0.15, 0.2) is 30.3 Å². The fourth-order valence-electron chi connectivity index (χ4n) is 6.24. The van der Waals surface area contributed by atoms with Gasteiger partial charge in [-0.15, -0.1) is 0 Å². The van der Waals surface area contributed by atoms with Crippen LogP contribution < -0.4 is 21.2 Å². The molecule has 2 aliphatic heterocycles. The molecule has 41 heavy (non-hydrogen) atoms. The van der Waals surface area contributed by atoms with E-state index in [9.17, 15) is 9.59 Å². The molecule has 2 saturated heterocycles. The van der Waals surface area contributed by atoms with Crippen LogP contribution in [0, 0.1) is 17.7 Å². The molecule has 1 aliphatic carbocycles. The molecular formula is C29H39ClFN7O3. The maximum atomic E-state index is 15.6. The fourth-order valence-corrected chi connectivity index (χ4v) is 6.41. The molecule has 12 heteroatoms. The second-order valence-corrected chi connectivity index (χ2v) is 11.6. The van der Waals surface area contributed by atoms with Gasteiger partial charge in [-0.25, -0.2) is 5.48 Å². The van der Waals surface area contributed by atoms with Crippen molar-refractivity contribution in [3.8, 4) is 0 Å². The lowest BCUT2D eigenvalue weighted by Crippen LogP contribution is -2.55. The summed E-state index contributed by atoms with van der Waals surface area (Å²) in [6.45, 7) is 3.44. The highest BCUT2D eigenvalue weighted by Gasteiger charge is 2.32. The van der Waals surface area contributed by atoms with E-state index in [0.29, 0.717) is 31.5 Å². The lowest BCUT2D eigenvalue weighted by Gasteiger charge is -2.44. The molecule has 3 N–H and O–H groups in total. The van der Waals surface area contributed by atoms with Crippen molar-refractivity contribution < 1.29 is 18.8 Å². The van der Waals surface area contributed by atoms with E-state index in [1.165, 1.54) is 12.8 Å². The maximum Gasteiger partial charge on any atom is 0.244 e. The van der Waals surface area contributed by atoms with Crippen LogP contribution in [0.25, 0.3) is 0 Å². The average Bonchev–Trinajstić information content (AvgIpc) is 3.50. The Morgan fingerprint density at radius 2 is 1.83 bits per heavy atom. The van der Waals surface area contributed by atoms with Crippen molar-refractivity contribution in [3.63, 3.8) is 0 Å². The Morgan fingerprint density at radius 3 is 2.63 bits per heavy atom. The maximum absolute atomic E-state index is 15.6. The Labute approximate surface area is 245 Å². The molecule has 3 heterocycles. The number of nitrogens with zero attached hydrogens (tertiary/aromatic N) is 4. The van der Waals surface area contributed by atoms with Gasteiger partial charge in [0.15, 0.2) is 11.6 Å². The SMILES string of the molecule is O=C(CC(CC1CCCC1)C(=O)NNc1nc(Cl)nc(N2CCN3CCCCC3C2)c1F)NOCc1ccccc1. The number of aromatic nitrogens is 2. The molecular weight excluding hydrogens is 549 g/mol. The number of carbonyl (C=O) groups excluding carboxylic acids is 2. The second-order valence-electron chi connectivity index (χ2n) is 11.3. The number of hydrazine groups is 1. The van der Waals surface area contributed by atoms with Gasteiger partial charge in [-0.2, -0.15) is 14.4 Å². The quantitative estimate of drug-likeness (QED) is 0.265. The average molecular weight is 588 g/mol. The van der Waals surface area contributed by atoms with Crippen LogP contribution in [0.1, 0.15) is 63.4 Å². The Balaban J connectivity index is 1.19. The predicted octanol–water partition coefficient (Wildman–Crippen LogP) is 4.22. The van der Waals surface area contributed by atoms with Gasteiger partial charge >= 0.3 is 0 Å². The van der Waals surface area contributed by atoms with Crippen molar-refractivity contribution in [2.45, 2.75) is 70.4 Å². The first kappa shape index (κ1) is 29.5. The summed E-state index contributed by atoms with van der Waals surface area (Å²) in [6.07, 6.45) is 8.23. The van der Waals surface area contributed by atoms with Crippen LogP contribution in [-0.4, -0.2) is 58.9 Å². The summed E-state index contributed by atoms with van der Waals surface area (Å²) >= 11 is 6.19. The molecule has 0 radical (unpaired) electrons. The molecule has 1 saturated carbocycles. The van der Waals surface area contributed by atoms with E-state index in [2.05, 4.69) is 31.2 Å². The minimum Gasteiger partial charge on any atom is -0.351 e. The summed E-state index contributed by atoms with van der Waals surface area (Å²) in [5.74, 6) is -1.80. The molecule has 0 bridgehead atoms. The largest absolute Gasteiger partial charge is 0.351 e. The highest BCUT2D eigenvalue weighted by molar-refractivity contribution is 6.28. The molecule has 1 aromatic heterocycles. The Kier molecular flexibility index (Phi) is 10.2. The van der Waals surface area contributed by atoms with Crippen molar-refractivity contribution in [1.82, 2.24) is 25.8 Å². The Morgan fingerprint density at radius 1 is 1.05 bits per heavy atom. The second kappa shape index (κ2) is 14.2. The van der Waals surface area contributed by atoms with Crippen molar-refractivity contribution in [2.24, 2.45) is 11.8 Å². The van der Waals surface area contributed by atoms with Gasteiger partial charge in [-0.1, -0.05) is 62.4 Å². The molecule has 1 aromatic carbocycles. The molecule has 222 valence electrons. The minimum absolute atomic E-state index is 0.0528. The zero-order valence-corrected chi connectivity index (χ0v) is 24.0. The molecule has 3 fully saturated rings. The van der Waals surface area contributed by atoms with Crippen LogP contribution in [0.2, 0.25) is 5.28 Å². The third kappa shape index (κ3) is 8.05. The number of halogens is 2. The van der Waals surface area contributed by atoms with Gasteiger partial charge in [-0.05, 0) is 48.9 Å². The fraction of sp³-hybridized carbons (Fsp3) is 0.586. The smallest absolute Gasteiger partial charge is 0.244 e. The normalized spacial score (nSPS) is 20.3. The van der Waals surface area contributed by atoms with Gasteiger partial charge in [-0.3, -0.25) is 30.2 Å². The third-order valence-corrected chi connectivity index (χ3v) is 8.58. The van der Waals surface area contributed by atoms with Gasteiger partial charge < -0.3 is 4.90 Å². The van der Waals surface area contributed by atoms with E-state index in [4.69, 9.17) is 16.4 Å². The molecule has 5 rings (SSSR count). The number of piperazine rings is 1. The third-order valence-electron chi connectivity index (χ3n) is 8.41. The summed E-state index contributed by atoms with van der Waals surface area (Å²) in [6, 6.07) is 9.84. The minimum atomic E-state index is -0.668. The molecule has 2 atom stereocenters. The van der Waals surface area contributed by atoms with Crippen LogP contribution in [0.5, 0.6) is 0 Å². The topological polar surface area (TPSA) is 112 Å². The van der Waals surface area contributed by atoms with E-state index in [1.54, 1.807) is 0 Å². The molecule has 10 nitrogen and oxygen atoms in total. The van der Waals surface area contributed by atoms with Crippen LogP contribution in [0.3, 0.4) is 0 Å². The van der Waals surface area contributed by atoms with Gasteiger partial charge in [0.1, 0.15) is 0 Å². The molecule has 3 aliphatic rings. The predicted molar refractivity (Wildman–Crippen MR) is 154 cm³/mol. The number of piperidine rings is 1. The number of rotatable bonds is 11. The van der Waals surface area contributed by atoms with Crippen molar-refractivity contribution in [3.05, 3.63) is 47.0 Å². The van der Waals surface area contributed by atoms with Crippen molar-refractivity contribution >= 4 is 35.1 Å². The monoisotopic (exact) mass is 587 g/mol. The number of hydroxylamine groups is 1. The van der Waals surface area contributed by atoms with E-state index in [1.807, 2.05) is 35.2 Å². The van der Waals surface area contributed by atoms with E-state index < -0.39 is 17.6 Å². The molecule has 2 aromatic rings. The van der Waals surface area contributed by atoms with E-state index in [0.717, 1.165) is 50.8 Å². The highest BCUT2D eigenvalue weighted by atomic mass is 35.5. The number of fused-ring (bicyclic) bond motifs is 1. The highest BCUT2D eigenvalue weighted by Crippen LogP contribution is 2.32. The van der Waals surface area contributed by atoms with Gasteiger partial charge in [0.05, 0.1) is 6.61 Å². The standard InChI is InChI=1S/C29H39ClFN7O3/c30-29-32-26(25(31)27(33-29)38-15-14-37-13-7-6-12-23(37)18-38)34-35-28(40)22(16-20-8-4-5-9-20)17-24(39)36-41-19-21-10-2-1-3-11-21/h1-3,10-11,20,22-23H,4-9,12-19H2,(H,35,40)(H,36,39)(H,32,33,34). The summed E-state index contributed by atoms with van der Waals surface area (Å²) in [7, 11) is 0. The van der Waals surface area contributed by atoms with Crippen LogP contribution in [0.4, 0.5) is 16.0 Å². The zero-order valence-electron chi connectivity index (χ0n) is 23.3. The number of benzene rings is 1. The Hall–Kier alpha value is -3.02. The van der Waals surface area contributed by atoms with Crippen molar-refractivity contribution in [1.29, 1.82) is 0 Å². The number of hydrogen-bond acceptors (Lipinski definition) is 8. The first-order valence-electron chi connectivity index (χ1n) is 14.7. The number of hydrogen-bond donors (Lipinski definition) is 3. The van der Waals surface area contributed by atoms with E-state index in [-0.39, 0.29) is 35.9 Å². The van der Waals surface area contributed by atoms with Crippen molar-refractivity contribution in [2.75, 3.05) is 36.5 Å². The van der Waals surface area contributed by atoms with E-state index >= 15 is 4.39 Å². The zero-order chi connectivity index (χ0) is 28.6. The van der Waals surface area contributed by atoms with Gasteiger partial charge in [0.25, 0.3) is 0 Å². The number of amides is 2. The van der Waals surface area contributed by atoms with Gasteiger partial charge in [0.2, 0.25) is 22.9 Å². The Bertz CT molecular complexity index is 1180. The number of nitrogens with one attached hydrogen (secondary N) is 3. The van der Waals surface area contributed by atoms with Crippen LogP contribution in [-0.2, 0) is 21.0 Å². The lowest BCUT2D eigenvalue weighted by molar-refractivity contribution is -0.139. The summed E-state index contributed by atoms with van der Waals surface area (Å²) in [4.78, 5) is 43.8. The summed E-state index contributed by atoms with van der Waals surface area (Å²) in [5, 5.41) is -0.110. The van der Waals surface area contributed by atoms with Gasteiger partial charge in [0, 0.05) is 38.0 Å². The molecule has 2 unspecified atom stereocenters. The first-order valence-corrected chi connectivity index (χ1v) is 15.1. The van der Waals surface area contributed by atoms with Crippen LogP contribution >= 0.6 is 11.6 Å². The summed E-state index contributed by atoms with van der Waals surface area (Å²) in [5.41, 5.74) is 8.57. The number of carbonyl (C=O) groups is 2.